The fourth-order valence-electron chi connectivity index (χ4n) is 6.34. The molecule has 0 heterocycles. The van der Waals surface area contributed by atoms with Crippen LogP contribution in [0.4, 0.5) is 11.4 Å². The van der Waals surface area contributed by atoms with Gasteiger partial charge >= 0.3 is 0 Å². The third-order valence-electron chi connectivity index (χ3n) is 7.11. The Bertz CT molecular complexity index is 863. The van der Waals surface area contributed by atoms with E-state index < -0.39 is 0 Å². The Morgan fingerprint density at radius 2 is 1.45 bits per heavy atom. The van der Waals surface area contributed by atoms with Crippen LogP contribution in [0, 0.1) is 17.8 Å². The van der Waals surface area contributed by atoms with Gasteiger partial charge in [-0.05, 0) is 80.5 Å². The predicted octanol–water partition coefficient (Wildman–Crippen LogP) is 5.10. The first-order valence-electron chi connectivity index (χ1n) is 11.6. The molecule has 4 fully saturated rings. The van der Waals surface area contributed by atoms with Gasteiger partial charge < -0.3 is 20.1 Å². The number of carbonyl (C=O) groups excluding carboxylic acids is 1. The quantitative estimate of drug-likeness (QED) is 0.554. The second-order valence-corrected chi connectivity index (χ2v) is 9.63. The standard InChI is InChI=1S/C26H32N2O3/c29-25(18-30-10-11-31-22-6-2-1-3-7-22)27-23-8-4-5-9-24(23)28-26-15-19-12-20(16-26)14-21(13-19)17-26/h1-9,19-21,28H,10-18H2,(H,27,29). The fourth-order valence-corrected chi connectivity index (χ4v) is 6.34. The molecule has 164 valence electrons. The van der Waals surface area contributed by atoms with E-state index >= 15 is 0 Å². The molecule has 4 aliphatic rings. The lowest BCUT2D eigenvalue weighted by Gasteiger charge is -2.57. The number of hydrogen-bond donors (Lipinski definition) is 2. The topological polar surface area (TPSA) is 59.6 Å². The molecule has 5 heteroatoms. The molecule has 4 aliphatic carbocycles. The second kappa shape index (κ2) is 8.91. The molecule has 2 aromatic rings. The van der Waals surface area contributed by atoms with Gasteiger partial charge in [-0.15, -0.1) is 0 Å². The van der Waals surface area contributed by atoms with Gasteiger partial charge in [0.1, 0.15) is 19.0 Å². The molecule has 4 saturated carbocycles. The van der Waals surface area contributed by atoms with Gasteiger partial charge in [0, 0.05) is 5.54 Å². The second-order valence-electron chi connectivity index (χ2n) is 9.63. The van der Waals surface area contributed by atoms with Gasteiger partial charge in [-0.1, -0.05) is 30.3 Å². The molecule has 0 unspecified atom stereocenters. The highest BCUT2D eigenvalue weighted by molar-refractivity contribution is 5.95. The molecule has 2 aromatic carbocycles. The van der Waals surface area contributed by atoms with E-state index in [0.717, 1.165) is 34.9 Å². The van der Waals surface area contributed by atoms with Gasteiger partial charge in [0.15, 0.2) is 0 Å². The van der Waals surface area contributed by atoms with E-state index in [4.69, 9.17) is 9.47 Å². The normalized spacial score (nSPS) is 28.3. The largest absolute Gasteiger partial charge is 0.491 e. The molecule has 0 atom stereocenters. The van der Waals surface area contributed by atoms with Crippen molar-refractivity contribution in [1.82, 2.24) is 0 Å². The Balaban J connectivity index is 1.12. The lowest BCUT2D eigenvalue weighted by atomic mass is 9.53. The van der Waals surface area contributed by atoms with Crippen molar-refractivity contribution in [3.8, 4) is 5.75 Å². The van der Waals surface area contributed by atoms with Crippen molar-refractivity contribution in [1.29, 1.82) is 0 Å². The van der Waals surface area contributed by atoms with Crippen LogP contribution in [0.2, 0.25) is 0 Å². The summed E-state index contributed by atoms with van der Waals surface area (Å²) in [5.41, 5.74) is 2.08. The molecule has 0 aliphatic heterocycles. The van der Waals surface area contributed by atoms with E-state index in [1.165, 1.54) is 38.5 Å². The van der Waals surface area contributed by atoms with E-state index in [0.29, 0.717) is 13.2 Å². The Labute approximate surface area is 184 Å². The summed E-state index contributed by atoms with van der Waals surface area (Å²) in [4.78, 5) is 12.5. The van der Waals surface area contributed by atoms with Crippen LogP contribution in [0.5, 0.6) is 5.75 Å². The smallest absolute Gasteiger partial charge is 0.250 e. The minimum Gasteiger partial charge on any atom is -0.491 e. The summed E-state index contributed by atoms with van der Waals surface area (Å²) in [6.45, 7) is 0.806. The summed E-state index contributed by atoms with van der Waals surface area (Å²) in [6, 6.07) is 17.7. The number of benzene rings is 2. The number of hydrogen-bond acceptors (Lipinski definition) is 4. The van der Waals surface area contributed by atoms with Crippen LogP contribution in [0.15, 0.2) is 54.6 Å². The summed E-state index contributed by atoms with van der Waals surface area (Å²) in [5.74, 6) is 3.31. The lowest BCUT2D eigenvalue weighted by molar-refractivity contribution is -0.120. The maximum Gasteiger partial charge on any atom is 0.250 e. The molecule has 1 amide bonds. The lowest BCUT2D eigenvalue weighted by Crippen LogP contribution is -2.54. The molecule has 0 spiro atoms. The Morgan fingerprint density at radius 1 is 0.839 bits per heavy atom. The van der Waals surface area contributed by atoms with Crippen molar-refractivity contribution in [3.05, 3.63) is 54.6 Å². The zero-order valence-electron chi connectivity index (χ0n) is 18.0. The van der Waals surface area contributed by atoms with Crippen LogP contribution < -0.4 is 15.4 Å². The van der Waals surface area contributed by atoms with Crippen LogP contribution in [0.25, 0.3) is 0 Å². The fraction of sp³-hybridized carbons (Fsp3) is 0.500. The summed E-state index contributed by atoms with van der Waals surface area (Å²) in [5, 5.41) is 6.91. The highest BCUT2D eigenvalue weighted by Gasteiger charge is 2.51. The third-order valence-corrected chi connectivity index (χ3v) is 7.11. The molecule has 6 rings (SSSR count). The van der Waals surface area contributed by atoms with Gasteiger partial charge in [0.05, 0.1) is 18.0 Å². The first-order valence-corrected chi connectivity index (χ1v) is 11.6. The van der Waals surface area contributed by atoms with Crippen molar-refractivity contribution >= 4 is 17.3 Å². The summed E-state index contributed by atoms with van der Waals surface area (Å²) in [7, 11) is 0. The van der Waals surface area contributed by atoms with Crippen LogP contribution in [-0.4, -0.2) is 31.3 Å². The molecule has 4 bridgehead atoms. The molecule has 0 radical (unpaired) electrons. The monoisotopic (exact) mass is 420 g/mol. The number of anilines is 2. The number of amides is 1. The Hall–Kier alpha value is -2.53. The van der Waals surface area contributed by atoms with Crippen molar-refractivity contribution < 1.29 is 14.3 Å². The van der Waals surface area contributed by atoms with Crippen molar-refractivity contribution in [3.63, 3.8) is 0 Å². The van der Waals surface area contributed by atoms with Crippen molar-refractivity contribution in [2.45, 2.75) is 44.1 Å². The molecule has 31 heavy (non-hydrogen) atoms. The SMILES string of the molecule is O=C(COCCOc1ccccc1)Nc1ccccc1NC12CC3CC(CC(C3)C1)C2. The summed E-state index contributed by atoms with van der Waals surface area (Å²) >= 11 is 0. The van der Waals surface area contributed by atoms with Gasteiger partial charge in [-0.2, -0.15) is 0 Å². The van der Waals surface area contributed by atoms with E-state index in [-0.39, 0.29) is 18.1 Å². The molecular formula is C26H32N2O3. The first-order chi connectivity index (χ1) is 15.2. The average molecular weight is 421 g/mol. The van der Waals surface area contributed by atoms with E-state index in [9.17, 15) is 4.79 Å². The third kappa shape index (κ3) is 4.87. The predicted molar refractivity (Wildman–Crippen MR) is 122 cm³/mol. The highest BCUT2D eigenvalue weighted by Crippen LogP contribution is 2.56. The summed E-state index contributed by atoms with van der Waals surface area (Å²) < 4.78 is 11.1. The molecule has 0 saturated heterocycles. The minimum absolute atomic E-state index is 0.0177. The van der Waals surface area contributed by atoms with Crippen LogP contribution >= 0.6 is 0 Å². The molecule has 0 aromatic heterocycles. The number of rotatable bonds is 9. The maximum atomic E-state index is 12.5. The van der Waals surface area contributed by atoms with Crippen LogP contribution in [0.3, 0.4) is 0 Å². The molecule has 2 N–H and O–H groups in total. The number of para-hydroxylation sites is 3. The molecular weight excluding hydrogens is 388 g/mol. The highest BCUT2D eigenvalue weighted by atomic mass is 16.5. The van der Waals surface area contributed by atoms with E-state index in [1.54, 1.807) is 0 Å². The van der Waals surface area contributed by atoms with Crippen molar-refractivity contribution in [2.24, 2.45) is 17.8 Å². The summed E-state index contributed by atoms with van der Waals surface area (Å²) in [6.07, 6.45) is 8.07. The van der Waals surface area contributed by atoms with Gasteiger partial charge in [0.2, 0.25) is 5.91 Å². The minimum atomic E-state index is -0.139. The van der Waals surface area contributed by atoms with Crippen LogP contribution in [-0.2, 0) is 9.53 Å². The van der Waals surface area contributed by atoms with Crippen LogP contribution in [0.1, 0.15) is 38.5 Å². The number of ether oxygens (including phenoxy) is 2. The van der Waals surface area contributed by atoms with Gasteiger partial charge in [-0.3, -0.25) is 4.79 Å². The van der Waals surface area contributed by atoms with E-state index in [2.05, 4.69) is 16.7 Å². The van der Waals surface area contributed by atoms with Crippen molar-refractivity contribution in [2.75, 3.05) is 30.5 Å². The zero-order chi connectivity index (χ0) is 21.1. The van der Waals surface area contributed by atoms with Gasteiger partial charge in [0.25, 0.3) is 0 Å². The zero-order valence-corrected chi connectivity index (χ0v) is 18.0. The molecule has 5 nitrogen and oxygen atoms in total. The van der Waals surface area contributed by atoms with E-state index in [1.807, 2.05) is 48.5 Å². The Kier molecular flexibility index (Phi) is 5.86. The average Bonchev–Trinajstić information content (AvgIpc) is 2.74. The number of nitrogens with one attached hydrogen (secondary N) is 2. The Morgan fingerprint density at radius 3 is 2.13 bits per heavy atom. The van der Waals surface area contributed by atoms with Gasteiger partial charge in [-0.25, -0.2) is 0 Å². The first kappa shape index (κ1) is 20.4. The maximum absolute atomic E-state index is 12.5. The number of carbonyl (C=O) groups is 1.